The van der Waals surface area contributed by atoms with Crippen LogP contribution in [0.1, 0.15) is 29.8 Å². The van der Waals surface area contributed by atoms with Crippen LogP contribution >= 0.6 is 0 Å². The molecule has 1 aromatic rings. The van der Waals surface area contributed by atoms with Gasteiger partial charge in [0.2, 0.25) is 0 Å². The van der Waals surface area contributed by atoms with Gasteiger partial charge in [0.25, 0.3) is 0 Å². The van der Waals surface area contributed by atoms with Gasteiger partial charge in [0, 0.05) is 6.07 Å². The number of benzene rings is 1. The van der Waals surface area contributed by atoms with Gasteiger partial charge in [-0.3, -0.25) is 0 Å². The van der Waals surface area contributed by atoms with Crippen molar-refractivity contribution in [3.8, 4) is 11.8 Å². The van der Waals surface area contributed by atoms with E-state index in [1.807, 2.05) is 13.8 Å². The summed E-state index contributed by atoms with van der Waals surface area (Å²) in [7, 11) is 0. The summed E-state index contributed by atoms with van der Waals surface area (Å²) in [4.78, 5) is 10.5. The lowest BCUT2D eigenvalue weighted by atomic mass is 10.1. The fourth-order valence-electron chi connectivity index (χ4n) is 0.873. The molecule has 0 saturated heterocycles. The number of phenols is 1. The summed E-state index contributed by atoms with van der Waals surface area (Å²) >= 11 is 0. The number of carboxylic acids is 1. The standard InChI is InChI=1S/C8H6N2O3.C2H6/c9-3-4-1-5(8(12)13)7(11)2-6(4)10;1-2/h1-2,11H,10H2,(H,12,13);1-2H3. The fourth-order valence-corrected chi connectivity index (χ4v) is 0.873. The average Bonchev–Trinajstić information content (AvgIpc) is 2.20. The van der Waals surface area contributed by atoms with Crippen LogP contribution in [0.25, 0.3) is 0 Å². The Balaban J connectivity index is 0.000000921. The number of nitrogens with zero attached hydrogens (tertiary/aromatic N) is 1. The molecule has 1 aromatic carbocycles. The summed E-state index contributed by atoms with van der Waals surface area (Å²) in [6, 6.07) is 3.80. The third-order valence-electron chi connectivity index (χ3n) is 1.52. The summed E-state index contributed by atoms with van der Waals surface area (Å²) in [5, 5.41) is 26.2. The molecule has 0 aliphatic heterocycles. The van der Waals surface area contributed by atoms with E-state index in [0.29, 0.717) is 0 Å². The molecule has 0 radical (unpaired) electrons. The number of nitrogen functional groups attached to an aromatic ring is 1. The smallest absolute Gasteiger partial charge is 0.339 e. The summed E-state index contributed by atoms with van der Waals surface area (Å²) < 4.78 is 0. The van der Waals surface area contributed by atoms with E-state index >= 15 is 0 Å². The maximum atomic E-state index is 10.5. The van der Waals surface area contributed by atoms with E-state index < -0.39 is 11.7 Å². The van der Waals surface area contributed by atoms with Gasteiger partial charge in [0.05, 0.1) is 11.3 Å². The molecule has 5 nitrogen and oxygen atoms in total. The van der Waals surface area contributed by atoms with Gasteiger partial charge in [-0.1, -0.05) is 13.8 Å². The van der Waals surface area contributed by atoms with E-state index in [0.717, 1.165) is 12.1 Å². The lowest BCUT2D eigenvalue weighted by Crippen LogP contribution is -2.00. The number of nitrogens with two attached hydrogens (primary N) is 1. The first kappa shape index (κ1) is 12.8. The van der Waals surface area contributed by atoms with E-state index in [2.05, 4.69) is 0 Å². The minimum absolute atomic E-state index is 0.0372. The number of carboxylic acid groups (broad SMARTS) is 1. The van der Waals surface area contributed by atoms with Crippen LogP contribution in [0.5, 0.6) is 5.75 Å². The first-order valence-electron chi connectivity index (χ1n) is 4.32. The lowest BCUT2D eigenvalue weighted by Gasteiger charge is -2.02. The number of carbonyl (C=O) groups is 1. The van der Waals surface area contributed by atoms with E-state index in [4.69, 9.17) is 21.2 Å². The fraction of sp³-hybridized carbons (Fsp3) is 0.200. The Labute approximate surface area is 87.4 Å². The molecule has 15 heavy (non-hydrogen) atoms. The first-order valence-corrected chi connectivity index (χ1v) is 4.32. The van der Waals surface area contributed by atoms with Gasteiger partial charge < -0.3 is 15.9 Å². The van der Waals surface area contributed by atoms with Crippen molar-refractivity contribution >= 4 is 11.7 Å². The highest BCUT2D eigenvalue weighted by atomic mass is 16.4. The first-order chi connectivity index (χ1) is 7.06. The summed E-state index contributed by atoms with van der Waals surface area (Å²) in [6.45, 7) is 4.00. The van der Waals surface area contributed by atoms with Crippen LogP contribution in [-0.2, 0) is 0 Å². The van der Waals surface area contributed by atoms with Crippen molar-refractivity contribution in [2.45, 2.75) is 13.8 Å². The van der Waals surface area contributed by atoms with Gasteiger partial charge in [-0.2, -0.15) is 5.26 Å². The zero-order chi connectivity index (χ0) is 12.0. The predicted octanol–water partition coefficient (Wildman–Crippen LogP) is 1.57. The Morgan fingerprint density at radius 2 is 2.00 bits per heavy atom. The van der Waals surface area contributed by atoms with Crippen LogP contribution in [0.15, 0.2) is 12.1 Å². The largest absolute Gasteiger partial charge is 0.507 e. The van der Waals surface area contributed by atoms with Crippen LogP contribution < -0.4 is 5.73 Å². The minimum atomic E-state index is -1.30. The SMILES string of the molecule is CC.N#Cc1cc(C(=O)O)c(O)cc1N. The van der Waals surface area contributed by atoms with E-state index in [-0.39, 0.29) is 16.8 Å². The molecule has 0 aliphatic carbocycles. The van der Waals surface area contributed by atoms with Gasteiger partial charge in [-0.15, -0.1) is 0 Å². The second-order valence-electron chi connectivity index (χ2n) is 2.37. The maximum Gasteiger partial charge on any atom is 0.339 e. The molecule has 0 spiro atoms. The Morgan fingerprint density at radius 1 is 1.47 bits per heavy atom. The molecule has 0 unspecified atom stereocenters. The van der Waals surface area contributed by atoms with Crippen molar-refractivity contribution in [1.29, 1.82) is 5.26 Å². The molecule has 1 rings (SSSR count). The van der Waals surface area contributed by atoms with Crippen LogP contribution in [0, 0.1) is 11.3 Å². The Kier molecular flexibility index (Phi) is 4.68. The summed E-state index contributed by atoms with van der Waals surface area (Å²) in [5.41, 5.74) is 5.09. The second kappa shape index (κ2) is 5.50. The molecule has 5 heteroatoms. The van der Waals surface area contributed by atoms with Crippen LogP contribution in [0.3, 0.4) is 0 Å². The molecule has 80 valence electrons. The zero-order valence-electron chi connectivity index (χ0n) is 8.48. The molecule has 0 heterocycles. The van der Waals surface area contributed by atoms with Gasteiger partial charge in [-0.05, 0) is 6.07 Å². The summed E-state index contributed by atoms with van der Waals surface area (Å²) in [6.07, 6.45) is 0. The maximum absolute atomic E-state index is 10.5. The molecule has 0 atom stereocenters. The van der Waals surface area contributed by atoms with Gasteiger partial charge >= 0.3 is 5.97 Å². The second-order valence-corrected chi connectivity index (χ2v) is 2.37. The molecule has 0 fully saturated rings. The van der Waals surface area contributed by atoms with Crippen molar-refractivity contribution in [2.75, 3.05) is 5.73 Å². The molecule has 4 N–H and O–H groups in total. The topological polar surface area (TPSA) is 107 Å². The Morgan fingerprint density at radius 3 is 2.40 bits per heavy atom. The number of hydrogen-bond acceptors (Lipinski definition) is 4. The predicted molar refractivity (Wildman–Crippen MR) is 55.5 cm³/mol. The normalized spacial score (nSPS) is 8.33. The third kappa shape index (κ3) is 2.88. The molecule has 0 amide bonds. The van der Waals surface area contributed by atoms with Crippen LogP contribution in [0.2, 0.25) is 0 Å². The van der Waals surface area contributed by atoms with Crippen LogP contribution in [0.4, 0.5) is 5.69 Å². The lowest BCUT2D eigenvalue weighted by molar-refractivity contribution is 0.0694. The van der Waals surface area contributed by atoms with Crippen LogP contribution in [-0.4, -0.2) is 16.2 Å². The Hall–Kier alpha value is -2.22. The quantitative estimate of drug-likeness (QED) is 0.607. The molecule has 0 bridgehead atoms. The Bertz CT molecular complexity index is 408. The number of aromatic hydroxyl groups is 1. The van der Waals surface area contributed by atoms with Gasteiger partial charge in [0.15, 0.2) is 0 Å². The number of hydrogen-bond donors (Lipinski definition) is 3. The van der Waals surface area contributed by atoms with Gasteiger partial charge in [0.1, 0.15) is 17.4 Å². The van der Waals surface area contributed by atoms with Crippen molar-refractivity contribution < 1.29 is 15.0 Å². The zero-order valence-corrected chi connectivity index (χ0v) is 8.48. The van der Waals surface area contributed by atoms with E-state index in [1.54, 1.807) is 6.07 Å². The highest BCUT2D eigenvalue weighted by molar-refractivity contribution is 5.92. The third-order valence-corrected chi connectivity index (χ3v) is 1.52. The van der Waals surface area contributed by atoms with Crippen molar-refractivity contribution in [3.63, 3.8) is 0 Å². The number of rotatable bonds is 1. The number of nitriles is 1. The van der Waals surface area contributed by atoms with E-state index in [9.17, 15) is 4.79 Å². The molecule has 0 aliphatic rings. The molecule has 0 aromatic heterocycles. The van der Waals surface area contributed by atoms with Crippen molar-refractivity contribution in [3.05, 3.63) is 23.3 Å². The summed E-state index contributed by atoms with van der Waals surface area (Å²) in [5.74, 6) is -1.74. The van der Waals surface area contributed by atoms with E-state index in [1.165, 1.54) is 0 Å². The molecular weight excluding hydrogens is 196 g/mol. The minimum Gasteiger partial charge on any atom is -0.507 e. The average molecular weight is 208 g/mol. The van der Waals surface area contributed by atoms with Crippen molar-refractivity contribution in [2.24, 2.45) is 0 Å². The monoisotopic (exact) mass is 208 g/mol. The molecular formula is C10H12N2O3. The molecule has 0 saturated carbocycles. The highest BCUT2D eigenvalue weighted by Gasteiger charge is 2.12. The number of anilines is 1. The van der Waals surface area contributed by atoms with Gasteiger partial charge in [-0.25, -0.2) is 4.79 Å². The number of aromatic carboxylic acids is 1. The van der Waals surface area contributed by atoms with Crippen molar-refractivity contribution in [1.82, 2.24) is 0 Å². The highest BCUT2D eigenvalue weighted by Crippen LogP contribution is 2.23.